The molecule has 0 aromatic carbocycles. The Morgan fingerprint density at radius 3 is 2.81 bits per heavy atom. The summed E-state index contributed by atoms with van der Waals surface area (Å²) in [6.45, 7) is 2.90. The maximum absolute atomic E-state index is 5.72. The predicted molar refractivity (Wildman–Crippen MR) is 64.6 cm³/mol. The van der Waals surface area contributed by atoms with Crippen molar-refractivity contribution in [3.63, 3.8) is 0 Å². The molecule has 0 aromatic rings. The number of hydrogen-bond acceptors (Lipinski definition) is 3. The van der Waals surface area contributed by atoms with Crippen LogP contribution in [0.25, 0.3) is 0 Å². The first-order valence-corrected chi connectivity index (χ1v) is 6.74. The Bertz CT molecular complexity index is 188. The SMILES string of the molecule is COCC(NCCC1CCCCO1)C1CC1. The van der Waals surface area contributed by atoms with Gasteiger partial charge in [-0.3, -0.25) is 0 Å². The minimum absolute atomic E-state index is 0.503. The topological polar surface area (TPSA) is 30.5 Å². The Hall–Kier alpha value is -0.120. The molecule has 1 aliphatic heterocycles. The maximum Gasteiger partial charge on any atom is 0.0618 e. The van der Waals surface area contributed by atoms with E-state index in [0.717, 1.165) is 32.1 Å². The van der Waals surface area contributed by atoms with Crippen LogP contribution in [0.4, 0.5) is 0 Å². The van der Waals surface area contributed by atoms with Gasteiger partial charge in [0.25, 0.3) is 0 Å². The fourth-order valence-corrected chi connectivity index (χ4v) is 2.50. The molecule has 94 valence electrons. The van der Waals surface area contributed by atoms with Crippen molar-refractivity contribution < 1.29 is 9.47 Å². The van der Waals surface area contributed by atoms with Gasteiger partial charge in [0, 0.05) is 19.8 Å². The highest BCUT2D eigenvalue weighted by molar-refractivity contribution is 4.86. The highest BCUT2D eigenvalue weighted by atomic mass is 16.5. The molecule has 3 nitrogen and oxygen atoms in total. The van der Waals surface area contributed by atoms with Gasteiger partial charge in [-0.15, -0.1) is 0 Å². The molecule has 0 spiro atoms. The first kappa shape index (κ1) is 12.3. The molecule has 1 heterocycles. The van der Waals surface area contributed by atoms with E-state index in [1.54, 1.807) is 7.11 Å². The van der Waals surface area contributed by atoms with Crippen molar-refractivity contribution in [2.75, 3.05) is 26.9 Å². The van der Waals surface area contributed by atoms with Gasteiger partial charge >= 0.3 is 0 Å². The van der Waals surface area contributed by atoms with E-state index in [1.807, 2.05) is 0 Å². The number of hydrogen-bond donors (Lipinski definition) is 1. The van der Waals surface area contributed by atoms with Crippen molar-refractivity contribution in [2.24, 2.45) is 5.92 Å². The lowest BCUT2D eigenvalue weighted by Crippen LogP contribution is -2.37. The van der Waals surface area contributed by atoms with Crippen molar-refractivity contribution in [3.8, 4) is 0 Å². The normalized spacial score (nSPS) is 27.9. The van der Waals surface area contributed by atoms with Gasteiger partial charge in [-0.1, -0.05) is 0 Å². The summed E-state index contributed by atoms with van der Waals surface area (Å²) in [6.07, 6.45) is 8.26. The second kappa shape index (κ2) is 6.58. The minimum Gasteiger partial charge on any atom is -0.383 e. The van der Waals surface area contributed by atoms with Crippen molar-refractivity contribution in [2.45, 2.75) is 50.7 Å². The molecule has 1 N–H and O–H groups in total. The van der Waals surface area contributed by atoms with E-state index in [1.165, 1.54) is 32.1 Å². The second-order valence-electron chi connectivity index (χ2n) is 5.13. The van der Waals surface area contributed by atoms with Crippen LogP contribution in [0, 0.1) is 5.92 Å². The van der Waals surface area contributed by atoms with Crippen molar-refractivity contribution in [1.82, 2.24) is 5.32 Å². The molecule has 1 saturated carbocycles. The highest BCUT2D eigenvalue weighted by Gasteiger charge is 2.30. The number of methoxy groups -OCH3 is 1. The zero-order valence-electron chi connectivity index (χ0n) is 10.4. The first-order chi connectivity index (χ1) is 7.90. The van der Waals surface area contributed by atoms with Gasteiger partial charge in [0.2, 0.25) is 0 Å². The summed E-state index contributed by atoms with van der Waals surface area (Å²) in [4.78, 5) is 0. The summed E-state index contributed by atoms with van der Waals surface area (Å²) in [6, 6.07) is 0.577. The van der Waals surface area contributed by atoms with Crippen LogP contribution in [0.3, 0.4) is 0 Å². The zero-order valence-corrected chi connectivity index (χ0v) is 10.4. The van der Waals surface area contributed by atoms with E-state index in [2.05, 4.69) is 5.32 Å². The number of nitrogens with one attached hydrogen (secondary N) is 1. The van der Waals surface area contributed by atoms with Crippen LogP contribution in [0.5, 0.6) is 0 Å². The molecule has 2 atom stereocenters. The van der Waals surface area contributed by atoms with Gasteiger partial charge in [0.1, 0.15) is 0 Å². The quantitative estimate of drug-likeness (QED) is 0.721. The average Bonchev–Trinajstić information content (AvgIpc) is 3.13. The molecule has 2 unspecified atom stereocenters. The third-order valence-corrected chi connectivity index (χ3v) is 3.68. The van der Waals surface area contributed by atoms with E-state index in [0.29, 0.717) is 12.1 Å². The van der Waals surface area contributed by atoms with Crippen LogP contribution in [-0.4, -0.2) is 39.0 Å². The Kier molecular flexibility index (Phi) is 5.07. The average molecular weight is 227 g/mol. The Morgan fingerprint density at radius 1 is 1.31 bits per heavy atom. The van der Waals surface area contributed by atoms with Crippen LogP contribution in [0.2, 0.25) is 0 Å². The smallest absolute Gasteiger partial charge is 0.0618 e. The number of rotatable bonds is 7. The van der Waals surface area contributed by atoms with Crippen molar-refractivity contribution >= 4 is 0 Å². The molecule has 0 radical (unpaired) electrons. The van der Waals surface area contributed by atoms with E-state index in [4.69, 9.17) is 9.47 Å². The summed E-state index contributed by atoms with van der Waals surface area (Å²) in [7, 11) is 1.79. The summed E-state index contributed by atoms with van der Waals surface area (Å²) in [5.74, 6) is 0.868. The Morgan fingerprint density at radius 2 is 2.19 bits per heavy atom. The molecule has 16 heavy (non-hydrogen) atoms. The summed E-state index contributed by atoms with van der Waals surface area (Å²) in [5.41, 5.74) is 0. The fourth-order valence-electron chi connectivity index (χ4n) is 2.50. The fraction of sp³-hybridized carbons (Fsp3) is 1.00. The van der Waals surface area contributed by atoms with E-state index in [-0.39, 0.29) is 0 Å². The van der Waals surface area contributed by atoms with Crippen molar-refractivity contribution in [3.05, 3.63) is 0 Å². The minimum atomic E-state index is 0.503. The molecule has 3 heteroatoms. The van der Waals surface area contributed by atoms with Crippen molar-refractivity contribution in [1.29, 1.82) is 0 Å². The largest absolute Gasteiger partial charge is 0.383 e. The summed E-state index contributed by atoms with van der Waals surface area (Å²) < 4.78 is 11.0. The first-order valence-electron chi connectivity index (χ1n) is 6.74. The third-order valence-electron chi connectivity index (χ3n) is 3.68. The molecular weight excluding hydrogens is 202 g/mol. The van der Waals surface area contributed by atoms with Gasteiger partial charge in [0.15, 0.2) is 0 Å². The van der Waals surface area contributed by atoms with Crippen LogP contribution in [0.15, 0.2) is 0 Å². The zero-order chi connectivity index (χ0) is 11.2. The molecule has 1 aliphatic carbocycles. The monoisotopic (exact) mass is 227 g/mol. The molecule has 2 fully saturated rings. The predicted octanol–water partition coefficient (Wildman–Crippen LogP) is 1.96. The van der Waals surface area contributed by atoms with Gasteiger partial charge in [-0.25, -0.2) is 0 Å². The molecule has 0 aromatic heterocycles. The van der Waals surface area contributed by atoms with Crippen LogP contribution < -0.4 is 5.32 Å². The molecule has 1 saturated heterocycles. The second-order valence-corrected chi connectivity index (χ2v) is 5.13. The Balaban J connectivity index is 1.57. The summed E-state index contributed by atoms with van der Waals surface area (Å²) in [5, 5.41) is 3.62. The van der Waals surface area contributed by atoms with Gasteiger partial charge in [-0.2, -0.15) is 0 Å². The number of ether oxygens (including phenoxy) is 2. The van der Waals surface area contributed by atoms with E-state index in [9.17, 15) is 0 Å². The lowest BCUT2D eigenvalue weighted by molar-refractivity contribution is 0.0106. The third kappa shape index (κ3) is 4.04. The molecular formula is C13H25NO2. The van der Waals surface area contributed by atoms with Crippen LogP contribution in [-0.2, 0) is 9.47 Å². The maximum atomic E-state index is 5.72. The van der Waals surface area contributed by atoms with Crippen LogP contribution >= 0.6 is 0 Å². The molecule has 2 rings (SSSR count). The highest BCUT2D eigenvalue weighted by Crippen LogP contribution is 2.32. The van der Waals surface area contributed by atoms with E-state index < -0.39 is 0 Å². The van der Waals surface area contributed by atoms with Crippen LogP contribution in [0.1, 0.15) is 38.5 Å². The standard InChI is InChI=1S/C13H25NO2/c1-15-10-13(11-5-6-11)14-8-7-12-4-2-3-9-16-12/h11-14H,2-10H2,1H3. The molecule has 0 amide bonds. The summed E-state index contributed by atoms with van der Waals surface area (Å²) >= 11 is 0. The Labute approximate surface area is 98.9 Å². The lowest BCUT2D eigenvalue weighted by atomic mass is 10.1. The van der Waals surface area contributed by atoms with Gasteiger partial charge < -0.3 is 14.8 Å². The van der Waals surface area contributed by atoms with Gasteiger partial charge in [-0.05, 0) is 51.0 Å². The molecule has 2 aliphatic rings. The molecule has 0 bridgehead atoms. The lowest BCUT2D eigenvalue weighted by Gasteiger charge is -2.24. The van der Waals surface area contributed by atoms with Gasteiger partial charge in [0.05, 0.1) is 12.7 Å². The van der Waals surface area contributed by atoms with E-state index >= 15 is 0 Å².